The Morgan fingerprint density at radius 1 is 0.189 bits per heavy atom. The van der Waals surface area contributed by atoms with Gasteiger partial charge in [-0.3, -0.25) is 0 Å². The minimum atomic E-state index is -0.872. The standard InChI is InChI=1S/3C36H56N2O2.2Cr/c3*1-33(2,3)25-17-23(31(39)27(19-25)35(7,8)9)21-37-29-15-13-14-16-30(29)38-22-24-18-26(34(4,5)6)20-28(32(24)40)36(10,11)12;;/h3*17-22,29-32,37-38H,13-16H2,1-12H3;;/q3*-2;2*+3/b3*23-21-,24-22-;;/t3*29-,30-,31?,32?;;/m000../s1. The summed E-state index contributed by atoms with van der Waals surface area (Å²) >= 11 is 0. The van der Waals surface area contributed by atoms with Crippen LogP contribution in [0.3, 0.4) is 0 Å². The van der Waals surface area contributed by atoms with Gasteiger partial charge in [-0.25, -0.2) is 0 Å². The predicted molar refractivity (Wildman–Crippen MR) is 499 cm³/mol. The van der Waals surface area contributed by atoms with Crippen LogP contribution in [0.4, 0.5) is 0 Å². The summed E-state index contributed by atoms with van der Waals surface area (Å²) < 4.78 is 0. The zero-order valence-electron chi connectivity index (χ0n) is 83.1. The van der Waals surface area contributed by atoms with Gasteiger partial charge in [-0.2, -0.15) is 0 Å². The van der Waals surface area contributed by atoms with Crippen molar-refractivity contribution in [2.45, 2.75) is 399 Å². The Bertz CT molecular complexity index is 3520. The molecule has 9 aliphatic carbocycles. The molecule has 9 rings (SSSR count). The fourth-order valence-electron chi connectivity index (χ4n) is 17.1. The van der Waals surface area contributed by atoms with Gasteiger partial charge in [0.2, 0.25) is 0 Å². The molecular weight excluding hydrogens is 1580 g/mol. The monoisotopic (exact) mass is 1750 g/mol. The average Bonchev–Trinajstić information content (AvgIpc) is 0.808. The van der Waals surface area contributed by atoms with Crippen molar-refractivity contribution in [1.82, 2.24) is 31.9 Å². The van der Waals surface area contributed by atoms with Gasteiger partial charge in [0.15, 0.2) is 0 Å². The van der Waals surface area contributed by atoms with Crippen molar-refractivity contribution in [3.8, 4) is 0 Å². The van der Waals surface area contributed by atoms with Crippen molar-refractivity contribution in [1.29, 1.82) is 0 Å². The molecule has 0 aromatic rings. The van der Waals surface area contributed by atoms with Crippen LogP contribution in [-0.2, 0) is 34.7 Å². The zero-order valence-corrected chi connectivity index (χ0v) is 85.6. The Morgan fingerprint density at radius 2 is 0.295 bits per heavy atom. The number of rotatable bonds is 12. The van der Waals surface area contributed by atoms with Gasteiger partial charge in [0.1, 0.15) is 0 Å². The predicted octanol–water partition coefficient (Wildman–Crippen LogP) is 19.9. The zero-order chi connectivity index (χ0) is 90.8. The van der Waals surface area contributed by atoms with Gasteiger partial charge in [-0.15, -0.1) is 0 Å². The van der Waals surface area contributed by atoms with Gasteiger partial charge in [-0.05, 0) is 208 Å². The number of nitrogens with one attached hydrogen (secondary N) is 6. The number of hydrogen-bond donors (Lipinski definition) is 6. The van der Waals surface area contributed by atoms with Crippen molar-refractivity contribution in [3.63, 3.8) is 0 Å². The van der Waals surface area contributed by atoms with Gasteiger partial charge in [0.25, 0.3) is 0 Å². The molecule has 12 nitrogen and oxygen atoms in total. The molecule has 122 heavy (non-hydrogen) atoms. The topological polar surface area (TPSA) is 211 Å². The average molecular weight is 1750 g/mol. The first-order valence-electron chi connectivity index (χ1n) is 46.0. The van der Waals surface area contributed by atoms with E-state index in [0.29, 0.717) is 0 Å². The van der Waals surface area contributed by atoms with E-state index in [4.69, 9.17) is 0 Å². The van der Waals surface area contributed by atoms with Gasteiger partial charge in [0.05, 0.1) is 0 Å². The Balaban J connectivity index is 0.000000323. The van der Waals surface area contributed by atoms with Crippen molar-refractivity contribution >= 4 is 0 Å². The second-order valence-electron chi connectivity index (χ2n) is 48.8. The van der Waals surface area contributed by atoms with E-state index in [-0.39, 0.29) is 136 Å². The molecule has 678 valence electrons. The molecule has 6 unspecified atom stereocenters. The second kappa shape index (κ2) is 41.1. The fraction of sp³-hybridized carbons (Fsp3) is 0.667. The van der Waals surface area contributed by atoms with Crippen LogP contribution in [0.1, 0.15) is 326 Å². The summed E-state index contributed by atoms with van der Waals surface area (Å²) in [5.74, 6) is 0. The maximum atomic E-state index is 13.6. The molecular formula is C108H168Cr2N6O6. The van der Waals surface area contributed by atoms with E-state index in [2.05, 4.69) is 354 Å². The van der Waals surface area contributed by atoms with Crippen LogP contribution >= 0.6 is 0 Å². The van der Waals surface area contributed by atoms with Gasteiger partial charge in [-0.1, -0.05) is 431 Å². The van der Waals surface area contributed by atoms with E-state index in [9.17, 15) is 30.6 Å². The van der Waals surface area contributed by atoms with Crippen LogP contribution in [0, 0.1) is 65.0 Å². The maximum Gasteiger partial charge on any atom is 3.00 e. The Hall–Kier alpha value is -5.06. The summed E-state index contributed by atoms with van der Waals surface area (Å²) in [4.78, 5) is 0. The van der Waals surface area contributed by atoms with Crippen LogP contribution in [0.5, 0.6) is 0 Å². The minimum Gasteiger partial charge on any atom is -0.845 e. The van der Waals surface area contributed by atoms with E-state index in [1.807, 2.05) is 37.2 Å². The molecule has 0 heterocycles. The molecule has 12 atom stereocenters. The summed E-state index contributed by atoms with van der Waals surface area (Å²) in [6.07, 6.45) is 45.1. The van der Waals surface area contributed by atoms with Gasteiger partial charge < -0.3 is 62.5 Å². The van der Waals surface area contributed by atoms with Crippen molar-refractivity contribution in [2.75, 3.05) is 0 Å². The van der Waals surface area contributed by atoms with Crippen LogP contribution < -0.4 is 62.5 Å². The molecule has 14 heteroatoms. The second-order valence-corrected chi connectivity index (χ2v) is 48.8. The third kappa shape index (κ3) is 29.2. The smallest absolute Gasteiger partial charge is 0.845 e. The molecule has 0 spiro atoms. The summed E-state index contributed by atoms with van der Waals surface area (Å²) in [6, 6.07) is 1.16. The molecule has 2 radical (unpaired) electrons. The normalized spacial score (nSPS) is 28.6. The Labute approximate surface area is 766 Å². The third-order valence-corrected chi connectivity index (χ3v) is 25.8. The van der Waals surface area contributed by atoms with Crippen molar-refractivity contribution < 1.29 is 65.4 Å². The summed E-state index contributed by atoms with van der Waals surface area (Å²) in [6.45, 7) is 78.0. The first kappa shape index (κ1) is 107. The van der Waals surface area contributed by atoms with E-state index >= 15 is 0 Å². The van der Waals surface area contributed by atoms with Crippen LogP contribution in [-0.4, -0.2) is 72.9 Å². The van der Waals surface area contributed by atoms with E-state index in [1.54, 1.807) is 0 Å². The number of hydrogen-bond acceptors (Lipinski definition) is 12. The SMILES string of the molecule is CC(C)(C)C1=C/C(=C/N[C@H]2CCCC[C@@H]2N/C=C2/C=C(C(C)(C)C)C=C(C(C)(C)C)C2[O-])C([O-])C(C(C)(C)C)=C1.CC(C)(C)C1=C/C(=C/N[C@H]2CCCC[C@@H]2N/C=C2/C=C(C(C)(C)C)C=C(C(C)(C)C)C2[O-])C([O-])C(C(C)(C)C)=C1.CC(C)(C)C1=C/C(=C/N[C@H]2CCCC[C@@H]2N/C=C2/C=C(C(C)(C)C)C=C(C(C)(C)C)C2[O-])C([O-])C(C(C)(C)C)=C1.[Cr+3].[Cr+3]. The Kier molecular flexibility index (Phi) is 36.3. The van der Waals surface area contributed by atoms with E-state index in [0.717, 1.165) is 144 Å². The molecule has 0 aliphatic heterocycles. The molecule has 3 fully saturated rings. The summed E-state index contributed by atoms with van der Waals surface area (Å²) in [5, 5.41) is 103. The summed E-state index contributed by atoms with van der Waals surface area (Å²) in [7, 11) is 0. The van der Waals surface area contributed by atoms with Crippen LogP contribution in [0.25, 0.3) is 0 Å². The van der Waals surface area contributed by atoms with Crippen molar-refractivity contribution in [3.05, 3.63) is 210 Å². The molecule has 0 aromatic carbocycles. The first-order valence-corrected chi connectivity index (χ1v) is 46.0. The molecule has 3 saturated carbocycles. The first-order chi connectivity index (χ1) is 54.6. The molecule has 0 aromatic heterocycles. The van der Waals surface area contributed by atoms with Crippen molar-refractivity contribution in [2.24, 2.45) is 65.0 Å². The van der Waals surface area contributed by atoms with Crippen LogP contribution in [0.15, 0.2) is 210 Å². The minimum absolute atomic E-state index is 0. The molecule has 9 aliphatic rings. The van der Waals surface area contributed by atoms with Crippen LogP contribution in [0.2, 0.25) is 0 Å². The van der Waals surface area contributed by atoms with Gasteiger partial charge >= 0.3 is 34.7 Å². The third-order valence-electron chi connectivity index (χ3n) is 25.8. The molecule has 6 N–H and O–H groups in total. The van der Waals surface area contributed by atoms with E-state index in [1.165, 1.54) is 33.4 Å². The fourth-order valence-corrected chi connectivity index (χ4v) is 17.1. The van der Waals surface area contributed by atoms with E-state index < -0.39 is 36.6 Å². The molecule has 0 bridgehead atoms. The maximum absolute atomic E-state index is 13.6. The quantitative estimate of drug-likeness (QED) is 0.108. The van der Waals surface area contributed by atoms with Gasteiger partial charge in [0, 0.05) is 36.3 Å². The summed E-state index contributed by atoms with van der Waals surface area (Å²) in [5.41, 5.74) is 16.4. The Morgan fingerprint density at radius 3 is 0.385 bits per heavy atom. The largest absolute Gasteiger partial charge is 3.00 e. The number of allylic oxidation sites excluding steroid dienone is 12. The molecule has 0 amide bonds. The molecule has 0 saturated heterocycles.